The van der Waals surface area contributed by atoms with E-state index < -0.39 is 0 Å². The van der Waals surface area contributed by atoms with Crippen molar-refractivity contribution in [3.8, 4) is 5.75 Å². The number of para-hydroxylation sites is 1. The fourth-order valence-electron chi connectivity index (χ4n) is 0.805. The highest BCUT2D eigenvalue weighted by Crippen LogP contribution is 2.16. The highest BCUT2D eigenvalue weighted by Gasteiger charge is 2.04. The highest BCUT2D eigenvalue weighted by atomic mass is 19.1. The van der Waals surface area contributed by atoms with E-state index in [4.69, 9.17) is 10.5 Å². The summed E-state index contributed by atoms with van der Waals surface area (Å²) >= 11 is 0. The van der Waals surface area contributed by atoms with E-state index in [1.807, 2.05) is 0 Å². The number of hydrogen-bond acceptors (Lipinski definition) is 2. The standard InChI is InChI=1S/C9H12FNO/c1-7(6-11)12-9-5-3-2-4-8(9)10/h2-5,7H,6,11H2,1H3/t7-/m1/s1. The third-order valence-corrected chi connectivity index (χ3v) is 1.50. The molecule has 1 aromatic rings. The smallest absolute Gasteiger partial charge is 0.165 e. The van der Waals surface area contributed by atoms with Crippen molar-refractivity contribution in [1.29, 1.82) is 0 Å². The first-order valence-electron chi connectivity index (χ1n) is 3.85. The maximum atomic E-state index is 12.9. The highest BCUT2D eigenvalue weighted by molar-refractivity contribution is 5.23. The minimum atomic E-state index is -0.349. The molecule has 0 aliphatic rings. The maximum absolute atomic E-state index is 12.9. The third kappa shape index (κ3) is 2.20. The molecule has 0 bridgehead atoms. The molecule has 1 aromatic carbocycles. The van der Waals surface area contributed by atoms with E-state index in [-0.39, 0.29) is 17.7 Å². The van der Waals surface area contributed by atoms with Crippen molar-refractivity contribution in [1.82, 2.24) is 0 Å². The lowest BCUT2D eigenvalue weighted by Gasteiger charge is -2.12. The SMILES string of the molecule is C[C@H](CN)Oc1ccccc1F. The molecular formula is C9H12FNO. The molecule has 66 valence electrons. The maximum Gasteiger partial charge on any atom is 0.165 e. The zero-order valence-corrected chi connectivity index (χ0v) is 6.96. The first kappa shape index (κ1) is 9.00. The van der Waals surface area contributed by atoms with Gasteiger partial charge in [-0.15, -0.1) is 0 Å². The molecule has 0 aromatic heterocycles. The minimum absolute atomic E-state index is 0.151. The molecule has 1 atom stereocenters. The molecule has 2 nitrogen and oxygen atoms in total. The lowest BCUT2D eigenvalue weighted by molar-refractivity contribution is 0.219. The van der Waals surface area contributed by atoms with Gasteiger partial charge in [0.25, 0.3) is 0 Å². The summed E-state index contributed by atoms with van der Waals surface area (Å²) in [7, 11) is 0. The van der Waals surface area contributed by atoms with E-state index in [0.717, 1.165) is 0 Å². The van der Waals surface area contributed by atoms with Gasteiger partial charge in [0.05, 0.1) is 0 Å². The van der Waals surface area contributed by atoms with Crippen molar-refractivity contribution in [2.24, 2.45) is 5.73 Å². The fourth-order valence-corrected chi connectivity index (χ4v) is 0.805. The molecule has 3 heteroatoms. The van der Waals surface area contributed by atoms with Gasteiger partial charge in [-0.05, 0) is 19.1 Å². The Kier molecular flexibility index (Phi) is 3.05. The van der Waals surface area contributed by atoms with Gasteiger partial charge < -0.3 is 10.5 Å². The molecule has 0 amide bonds. The van der Waals surface area contributed by atoms with Gasteiger partial charge in [0.15, 0.2) is 11.6 Å². The van der Waals surface area contributed by atoms with Crippen molar-refractivity contribution in [3.05, 3.63) is 30.1 Å². The van der Waals surface area contributed by atoms with Gasteiger partial charge in [0.2, 0.25) is 0 Å². The second-order valence-electron chi connectivity index (χ2n) is 2.59. The van der Waals surface area contributed by atoms with Crippen LogP contribution < -0.4 is 10.5 Å². The predicted molar refractivity (Wildman–Crippen MR) is 45.5 cm³/mol. The van der Waals surface area contributed by atoms with Crippen molar-refractivity contribution in [2.45, 2.75) is 13.0 Å². The van der Waals surface area contributed by atoms with E-state index in [2.05, 4.69) is 0 Å². The Morgan fingerprint density at radius 1 is 1.50 bits per heavy atom. The Balaban J connectivity index is 2.69. The van der Waals surface area contributed by atoms with Crippen LogP contribution in [0.3, 0.4) is 0 Å². The van der Waals surface area contributed by atoms with Crippen molar-refractivity contribution >= 4 is 0 Å². The van der Waals surface area contributed by atoms with Crippen molar-refractivity contribution in [3.63, 3.8) is 0 Å². The van der Waals surface area contributed by atoms with Crippen molar-refractivity contribution in [2.75, 3.05) is 6.54 Å². The van der Waals surface area contributed by atoms with Crippen LogP contribution in [0.1, 0.15) is 6.92 Å². The Morgan fingerprint density at radius 2 is 2.17 bits per heavy atom. The fraction of sp³-hybridized carbons (Fsp3) is 0.333. The Morgan fingerprint density at radius 3 is 2.75 bits per heavy atom. The van der Waals surface area contributed by atoms with Gasteiger partial charge in [-0.2, -0.15) is 0 Å². The van der Waals surface area contributed by atoms with Crippen LogP contribution in [-0.2, 0) is 0 Å². The van der Waals surface area contributed by atoms with Crippen LogP contribution in [0.4, 0.5) is 4.39 Å². The second-order valence-corrected chi connectivity index (χ2v) is 2.59. The molecule has 0 spiro atoms. The van der Waals surface area contributed by atoms with E-state index in [1.54, 1.807) is 25.1 Å². The topological polar surface area (TPSA) is 35.2 Å². The summed E-state index contributed by atoms with van der Waals surface area (Å²) in [6.45, 7) is 2.18. The zero-order chi connectivity index (χ0) is 8.97. The summed E-state index contributed by atoms with van der Waals surface area (Å²) in [6.07, 6.45) is -0.151. The summed E-state index contributed by atoms with van der Waals surface area (Å²) < 4.78 is 18.1. The third-order valence-electron chi connectivity index (χ3n) is 1.50. The average molecular weight is 169 g/mol. The summed E-state index contributed by atoms with van der Waals surface area (Å²) in [5, 5.41) is 0. The molecule has 0 fully saturated rings. The number of halogens is 1. The Hall–Kier alpha value is -1.09. The lowest BCUT2D eigenvalue weighted by Crippen LogP contribution is -2.23. The molecule has 2 N–H and O–H groups in total. The number of nitrogens with two attached hydrogens (primary N) is 1. The van der Waals surface area contributed by atoms with Crippen LogP contribution in [0.5, 0.6) is 5.75 Å². The molecule has 12 heavy (non-hydrogen) atoms. The number of benzene rings is 1. The molecule has 0 unspecified atom stereocenters. The summed E-state index contributed by atoms with van der Waals surface area (Å²) in [5.74, 6) is -0.0896. The quantitative estimate of drug-likeness (QED) is 0.745. The largest absolute Gasteiger partial charge is 0.486 e. The first-order valence-corrected chi connectivity index (χ1v) is 3.85. The monoisotopic (exact) mass is 169 g/mol. The Bertz CT molecular complexity index is 252. The molecule has 0 aliphatic carbocycles. The predicted octanol–water partition coefficient (Wildman–Crippen LogP) is 1.55. The summed E-state index contributed by atoms with van der Waals surface area (Å²) in [6, 6.07) is 6.29. The van der Waals surface area contributed by atoms with Gasteiger partial charge >= 0.3 is 0 Å². The van der Waals surface area contributed by atoms with Gasteiger partial charge in [-0.25, -0.2) is 4.39 Å². The number of hydrogen-bond donors (Lipinski definition) is 1. The van der Waals surface area contributed by atoms with Crippen molar-refractivity contribution < 1.29 is 9.13 Å². The summed E-state index contributed by atoms with van der Waals surface area (Å²) in [5.41, 5.74) is 5.32. The van der Waals surface area contributed by atoms with Crippen LogP contribution in [-0.4, -0.2) is 12.6 Å². The Labute approximate surface area is 71.1 Å². The normalized spacial score (nSPS) is 12.6. The zero-order valence-electron chi connectivity index (χ0n) is 6.96. The van der Waals surface area contributed by atoms with Gasteiger partial charge in [-0.1, -0.05) is 12.1 Å². The van der Waals surface area contributed by atoms with E-state index in [9.17, 15) is 4.39 Å². The lowest BCUT2D eigenvalue weighted by atomic mass is 10.3. The molecule has 0 radical (unpaired) electrons. The van der Waals surface area contributed by atoms with Gasteiger partial charge in [0.1, 0.15) is 6.10 Å². The minimum Gasteiger partial charge on any atom is -0.486 e. The van der Waals surface area contributed by atoms with Gasteiger partial charge in [-0.3, -0.25) is 0 Å². The average Bonchev–Trinajstić information content (AvgIpc) is 2.09. The molecule has 0 aliphatic heterocycles. The van der Waals surface area contributed by atoms with E-state index >= 15 is 0 Å². The number of ether oxygens (including phenoxy) is 1. The van der Waals surface area contributed by atoms with E-state index in [0.29, 0.717) is 6.54 Å². The van der Waals surface area contributed by atoms with E-state index in [1.165, 1.54) is 6.07 Å². The second kappa shape index (κ2) is 4.07. The van der Waals surface area contributed by atoms with Crippen LogP contribution in [0, 0.1) is 5.82 Å². The first-order chi connectivity index (χ1) is 5.74. The molecule has 0 saturated carbocycles. The van der Waals surface area contributed by atoms with Crippen LogP contribution >= 0.6 is 0 Å². The van der Waals surface area contributed by atoms with Crippen LogP contribution in [0.2, 0.25) is 0 Å². The van der Waals surface area contributed by atoms with Gasteiger partial charge in [0, 0.05) is 6.54 Å². The van der Waals surface area contributed by atoms with Crippen LogP contribution in [0.25, 0.3) is 0 Å². The molecule has 0 heterocycles. The summed E-state index contributed by atoms with van der Waals surface area (Å²) in [4.78, 5) is 0. The molecule has 0 saturated heterocycles. The molecule has 1 rings (SSSR count). The van der Waals surface area contributed by atoms with Crippen LogP contribution in [0.15, 0.2) is 24.3 Å². The molecular weight excluding hydrogens is 157 g/mol. The number of rotatable bonds is 3.